The van der Waals surface area contributed by atoms with E-state index in [-0.39, 0.29) is 5.82 Å². The Bertz CT molecular complexity index is 402. The first kappa shape index (κ1) is 11.2. The van der Waals surface area contributed by atoms with Gasteiger partial charge in [-0.15, -0.1) is 0 Å². The molecule has 0 aliphatic rings. The summed E-state index contributed by atoms with van der Waals surface area (Å²) in [5.74, 6) is 0.0171. The van der Waals surface area contributed by atoms with Crippen LogP contribution in [0.4, 0.5) is 5.82 Å². The molecule has 0 aromatic carbocycles. The van der Waals surface area contributed by atoms with Crippen LogP contribution in [0.1, 0.15) is 20.8 Å². The molecule has 0 spiro atoms. The smallest absolute Gasteiger partial charge is 0.381 e. The van der Waals surface area contributed by atoms with E-state index >= 15 is 0 Å². The van der Waals surface area contributed by atoms with E-state index in [0.29, 0.717) is 5.84 Å². The Morgan fingerprint density at radius 3 is 2.60 bits per heavy atom. The van der Waals surface area contributed by atoms with Gasteiger partial charge in [-0.05, 0) is 9.91 Å². The van der Waals surface area contributed by atoms with Gasteiger partial charge in [0.25, 0.3) is 0 Å². The predicted octanol–water partition coefficient (Wildman–Crippen LogP) is 1.47. The summed E-state index contributed by atoms with van der Waals surface area (Å²) in [6.07, 6.45) is 2.46. The molecule has 0 unspecified atom stereocenters. The predicted molar refractivity (Wildman–Crippen MR) is 53.0 cm³/mol. The highest BCUT2D eigenvalue weighted by Crippen LogP contribution is 2.18. The molecule has 0 fully saturated rings. The SMILES string of the molecule is CC(C)(C)C(=NO)n1cnc([N+](=O)[O-])c1. The lowest BCUT2D eigenvalue weighted by Gasteiger charge is -2.18. The summed E-state index contributed by atoms with van der Waals surface area (Å²) >= 11 is 0. The van der Waals surface area contributed by atoms with Gasteiger partial charge in [0.1, 0.15) is 6.20 Å². The molecule has 1 heterocycles. The highest BCUT2D eigenvalue weighted by molar-refractivity contribution is 5.88. The van der Waals surface area contributed by atoms with Crippen LogP contribution in [0, 0.1) is 15.5 Å². The van der Waals surface area contributed by atoms with E-state index in [4.69, 9.17) is 5.21 Å². The maximum atomic E-state index is 10.4. The number of oxime groups is 1. The van der Waals surface area contributed by atoms with Crippen molar-refractivity contribution in [1.29, 1.82) is 0 Å². The molecular formula is C8H12N4O3. The van der Waals surface area contributed by atoms with Gasteiger partial charge < -0.3 is 15.3 Å². The van der Waals surface area contributed by atoms with Gasteiger partial charge in [-0.2, -0.15) is 0 Å². The van der Waals surface area contributed by atoms with Gasteiger partial charge in [0.15, 0.2) is 5.84 Å². The topological polar surface area (TPSA) is 93.6 Å². The molecule has 0 atom stereocenters. The summed E-state index contributed by atoms with van der Waals surface area (Å²) in [5.41, 5.74) is -0.427. The lowest BCUT2D eigenvalue weighted by atomic mass is 9.95. The van der Waals surface area contributed by atoms with Crippen LogP contribution in [0.5, 0.6) is 0 Å². The van der Waals surface area contributed by atoms with Crippen molar-refractivity contribution in [3.63, 3.8) is 0 Å². The van der Waals surface area contributed by atoms with Crippen molar-refractivity contribution in [3.8, 4) is 0 Å². The summed E-state index contributed by atoms with van der Waals surface area (Å²) in [6, 6.07) is 0. The number of imidazole rings is 1. The van der Waals surface area contributed by atoms with Crippen molar-refractivity contribution in [2.75, 3.05) is 0 Å². The van der Waals surface area contributed by atoms with E-state index in [1.54, 1.807) is 0 Å². The van der Waals surface area contributed by atoms with Crippen molar-refractivity contribution in [2.45, 2.75) is 20.8 Å². The van der Waals surface area contributed by atoms with Crippen LogP contribution >= 0.6 is 0 Å². The van der Waals surface area contributed by atoms with Gasteiger partial charge >= 0.3 is 5.82 Å². The lowest BCUT2D eigenvalue weighted by molar-refractivity contribution is -0.389. The van der Waals surface area contributed by atoms with Crippen LogP contribution in [-0.2, 0) is 0 Å². The third kappa shape index (κ3) is 2.30. The molecule has 0 radical (unpaired) electrons. The monoisotopic (exact) mass is 212 g/mol. The summed E-state index contributed by atoms with van der Waals surface area (Å²) in [7, 11) is 0. The molecule has 0 aliphatic carbocycles. The Hall–Kier alpha value is -1.92. The highest BCUT2D eigenvalue weighted by atomic mass is 16.6. The Labute approximate surface area is 86.2 Å². The van der Waals surface area contributed by atoms with Crippen LogP contribution in [0.3, 0.4) is 0 Å². The van der Waals surface area contributed by atoms with Gasteiger partial charge in [-0.3, -0.25) is 4.57 Å². The molecule has 0 bridgehead atoms. The molecule has 82 valence electrons. The first-order valence-electron chi connectivity index (χ1n) is 4.27. The second-order valence-electron chi connectivity index (χ2n) is 4.07. The molecule has 0 saturated heterocycles. The van der Waals surface area contributed by atoms with Gasteiger partial charge in [-0.25, -0.2) is 0 Å². The van der Waals surface area contributed by atoms with Crippen LogP contribution in [0.2, 0.25) is 0 Å². The van der Waals surface area contributed by atoms with Gasteiger partial charge in [0, 0.05) is 5.41 Å². The summed E-state index contributed by atoms with van der Waals surface area (Å²) < 4.78 is 1.33. The first-order chi connectivity index (χ1) is 6.86. The minimum absolute atomic E-state index is 0.277. The molecule has 1 rings (SSSR count). The molecule has 1 aromatic rings. The van der Waals surface area contributed by atoms with Crippen LogP contribution in [0.15, 0.2) is 17.7 Å². The second-order valence-corrected chi connectivity index (χ2v) is 4.07. The van der Waals surface area contributed by atoms with Crippen LogP contribution in [0.25, 0.3) is 0 Å². The number of aromatic nitrogens is 2. The zero-order valence-electron chi connectivity index (χ0n) is 8.71. The van der Waals surface area contributed by atoms with E-state index in [1.807, 2.05) is 20.8 Å². The molecule has 7 nitrogen and oxygen atoms in total. The van der Waals surface area contributed by atoms with E-state index < -0.39 is 10.3 Å². The highest BCUT2D eigenvalue weighted by Gasteiger charge is 2.24. The lowest BCUT2D eigenvalue weighted by Crippen LogP contribution is -2.26. The maximum absolute atomic E-state index is 10.4. The Kier molecular flexibility index (Phi) is 2.74. The first-order valence-corrected chi connectivity index (χ1v) is 4.27. The minimum Gasteiger partial charge on any atom is -0.409 e. The van der Waals surface area contributed by atoms with Crippen molar-refractivity contribution in [2.24, 2.45) is 10.6 Å². The zero-order valence-corrected chi connectivity index (χ0v) is 8.71. The van der Waals surface area contributed by atoms with Gasteiger partial charge in [0.05, 0.1) is 0 Å². The Morgan fingerprint density at radius 1 is 1.67 bits per heavy atom. The maximum Gasteiger partial charge on any atom is 0.381 e. The quantitative estimate of drug-likeness (QED) is 0.251. The number of nitro groups is 1. The Morgan fingerprint density at radius 2 is 2.27 bits per heavy atom. The minimum atomic E-state index is -0.603. The van der Waals surface area contributed by atoms with E-state index in [2.05, 4.69) is 10.1 Å². The molecular weight excluding hydrogens is 200 g/mol. The van der Waals surface area contributed by atoms with Crippen molar-refractivity contribution < 1.29 is 10.1 Å². The van der Waals surface area contributed by atoms with Gasteiger partial charge in [0.2, 0.25) is 6.33 Å². The number of hydrogen-bond donors (Lipinski definition) is 1. The Balaban J connectivity index is 3.11. The van der Waals surface area contributed by atoms with E-state index in [0.717, 1.165) is 0 Å². The molecule has 1 N–H and O–H groups in total. The van der Waals surface area contributed by atoms with E-state index in [1.165, 1.54) is 17.1 Å². The average Bonchev–Trinajstić information content (AvgIpc) is 2.51. The fourth-order valence-corrected chi connectivity index (χ4v) is 1.11. The van der Waals surface area contributed by atoms with E-state index in [9.17, 15) is 10.1 Å². The number of hydrogen-bond acceptors (Lipinski definition) is 5. The van der Waals surface area contributed by atoms with Crippen LogP contribution < -0.4 is 0 Å². The van der Waals surface area contributed by atoms with Crippen LogP contribution in [-0.4, -0.2) is 25.5 Å². The molecule has 0 saturated carbocycles. The molecule has 15 heavy (non-hydrogen) atoms. The summed E-state index contributed by atoms with van der Waals surface area (Å²) in [6.45, 7) is 5.48. The summed E-state index contributed by atoms with van der Waals surface area (Å²) in [5, 5.41) is 22.4. The fourth-order valence-electron chi connectivity index (χ4n) is 1.11. The normalized spacial score (nSPS) is 12.9. The third-order valence-electron chi connectivity index (χ3n) is 1.77. The zero-order chi connectivity index (χ0) is 11.6. The van der Waals surface area contributed by atoms with Crippen molar-refractivity contribution in [3.05, 3.63) is 22.6 Å². The summed E-state index contributed by atoms with van der Waals surface area (Å²) in [4.78, 5) is 13.4. The van der Waals surface area contributed by atoms with Crippen molar-refractivity contribution >= 4 is 11.7 Å². The molecule has 0 amide bonds. The van der Waals surface area contributed by atoms with Crippen molar-refractivity contribution in [1.82, 2.24) is 9.55 Å². The molecule has 0 aliphatic heterocycles. The molecule has 1 aromatic heterocycles. The second kappa shape index (κ2) is 3.68. The number of nitrogens with zero attached hydrogens (tertiary/aromatic N) is 4. The largest absolute Gasteiger partial charge is 0.409 e. The fraction of sp³-hybridized carbons (Fsp3) is 0.500. The number of rotatable bonds is 1. The third-order valence-corrected chi connectivity index (χ3v) is 1.77. The standard InChI is InChI=1S/C8H12N4O3/c1-8(2,3)7(10-13)11-4-6(9-5-11)12(14)15/h4-5,13H,1-3H3. The average molecular weight is 212 g/mol. The van der Waals surface area contributed by atoms with Gasteiger partial charge in [-0.1, -0.05) is 25.9 Å². The molecule has 7 heteroatoms.